The summed E-state index contributed by atoms with van der Waals surface area (Å²) in [4.78, 5) is 0. The highest BCUT2D eigenvalue weighted by Gasteiger charge is 2.15. The van der Waals surface area contributed by atoms with Gasteiger partial charge >= 0.3 is 0 Å². The Morgan fingerprint density at radius 3 is 2.29 bits per heavy atom. The van der Waals surface area contributed by atoms with E-state index < -0.39 is 0 Å². The van der Waals surface area contributed by atoms with Crippen molar-refractivity contribution in [3.05, 3.63) is 83.9 Å². The average Bonchev–Trinajstić information content (AvgIpc) is 2.56. The quantitative estimate of drug-likeness (QED) is 0.522. The van der Waals surface area contributed by atoms with Crippen LogP contribution in [0.25, 0.3) is 10.8 Å². The second-order valence-corrected chi connectivity index (χ2v) is 5.67. The Morgan fingerprint density at radius 1 is 0.762 bits per heavy atom. The van der Waals surface area contributed by atoms with Crippen molar-refractivity contribution in [2.24, 2.45) is 0 Å². The molecule has 0 N–H and O–H groups in total. The number of hydrogen-bond acceptors (Lipinski definition) is 0. The first-order valence-electron chi connectivity index (χ1n) is 7.92. The normalized spacial score (nSPS) is 12.4. The molecule has 0 heterocycles. The molecule has 0 spiro atoms. The first kappa shape index (κ1) is 13.9. The fourth-order valence-corrected chi connectivity index (χ4v) is 3.15. The van der Waals surface area contributed by atoms with E-state index in [1.165, 1.54) is 41.2 Å². The maximum atomic E-state index is 2.30. The van der Waals surface area contributed by atoms with Gasteiger partial charge < -0.3 is 0 Å². The Bertz CT molecular complexity index is 692. The van der Waals surface area contributed by atoms with E-state index in [9.17, 15) is 0 Å². The van der Waals surface area contributed by atoms with Crippen molar-refractivity contribution in [2.45, 2.75) is 32.1 Å². The molecule has 21 heavy (non-hydrogen) atoms. The third-order valence-electron chi connectivity index (χ3n) is 4.25. The van der Waals surface area contributed by atoms with Gasteiger partial charge in [0.1, 0.15) is 0 Å². The molecule has 0 aliphatic carbocycles. The lowest BCUT2D eigenvalue weighted by atomic mass is 9.84. The first-order chi connectivity index (χ1) is 10.4. The standard InChI is InChI=1S/C21H22/c1-2-3-14-19(17-10-5-4-6-11-17)21-16-9-13-18-12-7-8-15-20(18)21/h4-13,15-16,19H,2-3,14H2,1H3. The molecule has 0 aromatic heterocycles. The molecule has 0 bridgehead atoms. The van der Waals surface area contributed by atoms with Crippen LogP contribution in [0.15, 0.2) is 72.8 Å². The van der Waals surface area contributed by atoms with Gasteiger partial charge in [0.2, 0.25) is 0 Å². The van der Waals surface area contributed by atoms with Gasteiger partial charge in [0.25, 0.3) is 0 Å². The molecular weight excluding hydrogens is 252 g/mol. The molecule has 0 aliphatic heterocycles. The van der Waals surface area contributed by atoms with Gasteiger partial charge in [0.15, 0.2) is 0 Å². The minimum Gasteiger partial charge on any atom is -0.0654 e. The van der Waals surface area contributed by atoms with Gasteiger partial charge in [-0.25, -0.2) is 0 Å². The number of unbranched alkanes of at least 4 members (excludes halogenated alkanes) is 1. The van der Waals surface area contributed by atoms with Crippen molar-refractivity contribution in [3.8, 4) is 0 Å². The molecule has 0 fully saturated rings. The van der Waals surface area contributed by atoms with Crippen LogP contribution in [0, 0.1) is 0 Å². The molecule has 0 aliphatic rings. The Kier molecular flexibility index (Phi) is 4.35. The van der Waals surface area contributed by atoms with Crippen LogP contribution in [0.3, 0.4) is 0 Å². The predicted molar refractivity (Wildman–Crippen MR) is 91.8 cm³/mol. The van der Waals surface area contributed by atoms with Gasteiger partial charge in [-0.2, -0.15) is 0 Å². The van der Waals surface area contributed by atoms with Crippen LogP contribution in [0.5, 0.6) is 0 Å². The van der Waals surface area contributed by atoms with Crippen molar-refractivity contribution in [1.82, 2.24) is 0 Å². The second-order valence-electron chi connectivity index (χ2n) is 5.67. The van der Waals surface area contributed by atoms with E-state index in [1.54, 1.807) is 0 Å². The van der Waals surface area contributed by atoms with Gasteiger partial charge in [0, 0.05) is 5.92 Å². The molecule has 3 aromatic rings. The van der Waals surface area contributed by atoms with Crippen LogP contribution in [0.1, 0.15) is 43.2 Å². The van der Waals surface area contributed by atoms with Gasteiger partial charge in [-0.3, -0.25) is 0 Å². The lowest BCUT2D eigenvalue weighted by molar-refractivity contribution is 0.653. The molecule has 1 atom stereocenters. The Hall–Kier alpha value is -2.08. The van der Waals surface area contributed by atoms with Crippen molar-refractivity contribution >= 4 is 10.8 Å². The van der Waals surface area contributed by atoms with Crippen LogP contribution in [-0.2, 0) is 0 Å². The SMILES string of the molecule is CCCCC(c1ccccc1)c1cccc2ccccc12. The topological polar surface area (TPSA) is 0 Å². The largest absolute Gasteiger partial charge is 0.0654 e. The average molecular weight is 274 g/mol. The van der Waals surface area contributed by atoms with Crippen molar-refractivity contribution in [2.75, 3.05) is 0 Å². The Labute approximate surface area is 127 Å². The maximum absolute atomic E-state index is 2.30. The number of benzene rings is 3. The number of rotatable bonds is 5. The summed E-state index contributed by atoms with van der Waals surface area (Å²) in [6.07, 6.45) is 3.73. The monoisotopic (exact) mass is 274 g/mol. The Balaban J connectivity index is 2.10. The highest BCUT2D eigenvalue weighted by Crippen LogP contribution is 2.34. The zero-order chi connectivity index (χ0) is 14.5. The molecule has 0 amide bonds. The summed E-state index contributed by atoms with van der Waals surface area (Å²) in [6, 6.07) is 26.4. The van der Waals surface area contributed by atoms with E-state index in [4.69, 9.17) is 0 Å². The molecule has 3 rings (SSSR count). The highest BCUT2D eigenvalue weighted by molar-refractivity contribution is 5.86. The summed E-state index contributed by atoms with van der Waals surface area (Å²) in [5, 5.41) is 2.73. The summed E-state index contributed by atoms with van der Waals surface area (Å²) in [5.74, 6) is 0.497. The summed E-state index contributed by atoms with van der Waals surface area (Å²) < 4.78 is 0. The maximum Gasteiger partial charge on any atom is 0.00954 e. The molecule has 0 saturated carbocycles. The molecule has 3 aromatic carbocycles. The molecule has 106 valence electrons. The van der Waals surface area contributed by atoms with E-state index in [2.05, 4.69) is 79.7 Å². The van der Waals surface area contributed by atoms with E-state index in [1.807, 2.05) is 0 Å². The summed E-state index contributed by atoms with van der Waals surface area (Å²) >= 11 is 0. The fraction of sp³-hybridized carbons (Fsp3) is 0.238. The molecular formula is C21H22. The van der Waals surface area contributed by atoms with Crippen LogP contribution in [-0.4, -0.2) is 0 Å². The van der Waals surface area contributed by atoms with E-state index in [0.29, 0.717) is 5.92 Å². The van der Waals surface area contributed by atoms with Crippen LogP contribution in [0.4, 0.5) is 0 Å². The third-order valence-corrected chi connectivity index (χ3v) is 4.25. The third kappa shape index (κ3) is 3.00. The van der Waals surface area contributed by atoms with Crippen LogP contribution >= 0.6 is 0 Å². The molecule has 1 unspecified atom stereocenters. The predicted octanol–water partition coefficient (Wildman–Crippen LogP) is 6.16. The first-order valence-corrected chi connectivity index (χ1v) is 7.92. The van der Waals surface area contributed by atoms with Gasteiger partial charge in [0.05, 0.1) is 0 Å². The zero-order valence-electron chi connectivity index (χ0n) is 12.6. The Morgan fingerprint density at radius 2 is 1.48 bits per heavy atom. The minimum absolute atomic E-state index is 0.497. The van der Waals surface area contributed by atoms with Crippen molar-refractivity contribution in [3.63, 3.8) is 0 Å². The summed E-state index contributed by atoms with van der Waals surface area (Å²) in [7, 11) is 0. The van der Waals surface area contributed by atoms with Crippen molar-refractivity contribution < 1.29 is 0 Å². The van der Waals surface area contributed by atoms with Gasteiger partial charge in [-0.15, -0.1) is 0 Å². The second kappa shape index (κ2) is 6.58. The van der Waals surface area contributed by atoms with Gasteiger partial charge in [-0.1, -0.05) is 92.6 Å². The molecule has 0 heteroatoms. The van der Waals surface area contributed by atoms with E-state index >= 15 is 0 Å². The van der Waals surface area contributed by atoms with E-state index in [-0.39, 0.29) is 0 Å². The van der Waals surface area contributed by atoms with Crippen LogP contribution < -0.4 is 0 Å². The smallest absolute Gasteiger partial charge is 0.00954 e. The number of hydrogen-bond donors (Lipinski definition) is 0. The van der Waals surface area contributed by atoms with Crippen molar-refractivity contribution in [1.29, 1.82) is 0 Å². The summed E-state index contributed by atoms with van der Waals surface area (Å²) in [5.41, 5.74) is 2.90. The molecule has 0 saturated heterocycles. The van der Waals surface area contributed by atoms with E-state index in [0.717, 1.165) is 0 Å². The molecule has 0 radical (unpaired) electrons. The summed E-state index contributed by atoms with van der Waals surface area (Å²) in [6.45, 7) is 2.27. The molecule has 0 nitrogen and oxygen atoms in total. The minimum atomic E-state index is 0.497. The lowest BCUT2D eigenvalue weighted by Crippen LogP contribution is -2.02. The highest BCUT2D eigenvalue weighted by atomic mass is 14.2. The number of fused-ring (bicyclic) bond motifs is 1. The fourth-order valence-electron chi connectivity index (χ4n) is 3.15. The van der Waals surface area contributed by atoms with Crippen LogP contribution in [0.2, 0.25) is 0 Å². The zero-order valence-corrected chi connectivity index (χ0v) is 12.6. The van der Waals surface area contributed by atoms with Gasteiger partial charge in [-0.05, 0) is 28.3 Å². The lowest BCUT2D eigenvalue weighted by Gasteiger charge is -2.20.